The molecule has 2 heterocycles. The average molecular weight is 281 g/mol. The smallest absolute Gasteiger partial charge is 0.317 e. The maximum absolute atomic E-state index is 11.9. The van der Waals surface area contributed by atoms with Gasteiger partial charge in [-0.05, 0) is 25.7 Å². The van der Waals surface area contributed by atoms with Crippen LogP contribution in [0, 0.1) is 0 Å². The summed E-state index contributed by atoms with van der Waals surface area (Å²) in [6, 6.07) is 0.0628. The molecule has 5 heteroatoms. The molecule has 1 aliphatic rings. The van der Waals surface area contributed by atoms with E-state index in [4.69, 9.17) is 4.98 Å². The van der Waals surface area contributed by atoms with Crippen LogP contribution in [0.1, 0.15) is 56.2 Å². The molecule has 1 aromatic heterocycles. The fourth-order valence-electron chi connectivity index (χ4n) is 2.38. The van der Waals surface area contributed by atoms with Gasteiger partial charge in [-0.1, -0.05) is 13.8 Å². The molecule has 0 unspecified atom stereocenters. The molecule has 4 nitrogen and oxygen atoms in total. The number of likely N-dealkylation sites (tertiary alicyclic amines) is 1. The number of nitrogens with zero attached hydrogens (tertiary/aromatic N) is 2. The Hall–Kier alpha value is -1.10. The molecular weight excluding hydrogens is 258 g/mol. The van der Waals surface area contributed by atoms with Crippen LogP contribution in [0.2, 0.25) is 0 Å². The Morgan fingerprint density at radius 3 is 3.05 bits per heavy atom. The third kappa shape index (κ3) is 3.47. The lowest BCUT2D eigenvalue weighted by molar-refractivity contribution is 0.180. The van der Waals surface area contributed by atoms with Gasteiger partial charge in [-0.15, -0.1) is 11.3 Å². The second-order valence-electron chi connectivity index (χ2n) is 5.39. The Labute approximate surface area is 119 Å². The molecule has 1 aliphatic heterocycles. The van der Waals surface area contributed by atoms with Crippen molar-refractivity contribution in [2.24, 2.45) is 0 Å². The van der Waals surface area contributed by atoms with E-state index >= 15 is 0 Å². The maximum Gasteiger partial charge on any atom is 0.317 e. The van der Waals surface area contributed by atoms with Crippen molar-refractivity contribution in [1.29, 1.82) is 0 Å². The Balaban J connectivity index is 2.02. The minimum Gasteiger partial charge on any atom is -0.338 e. The predicted octanol–water partition coefficient (Wildman–Crippen LogP) is 3.18. The molecule has 106 valence electrons. The molecule has 0 saturated carbocycles. The van der Waals surface area contributed by atoms with Crippen molar-refractivity contribution in [3.05, 3.63) is 16.1 Å². The fraction of sp³-hybridized carbons (Fsp3) is 0.714. The largest absolute Gasteiger partial charge is 0.338 e. The zero-order chi connectivity index (χ0) is 13.8. The summed E-state index contributed by atoms with van der Waals surface area (Å²) in [6.07, 6.45) is 2.21. The van der Waals surface area contributed by atoms with E-state index in [-0.39, 0.29) is 6.03 Å². The van der Waals surface area contributed by atoms with Crippen LogP contribution >= 0.6 is 11.3 Å². The summed E-state index contributed by atoms with van der Waals surface area (Å²) in [5, 5.41) is 6.23. The number of carbonyl (C=O) groups is 1. The van der Waals surface area contributed by atoms with Crippen molar-refractivity contribution < 1.29 is 4.79 Å². The number of carbonyl (C=O) groups excluding carboxylic acids is 1. The van der Waals surface area contributed by atoms with E-state index in [1.165, 1.54) is 10.7 Å². The first-order chi connectivity index (χ1) is 9.11. The minimum atomic E-state index is 0.0628. The highest BCUT2D eigenvalue weighted by Crippen LogP contribution is 2.30. The van der Waals surface area contributed by atoms with Crippen molar-refractivity contribution in [2.75, 3.05) is 19.6 Å². The van der Waals surface area contributed by atoms with Gasteiger partial charge < -0.3 is 10.2 Å². The number of thiazole rings is 1. The van der Waals surface area contributed by atoms with Gasteiger partial charge >= 0.3 is 6.03 Å². The van der Waals surface area contributed by atoms with Crippen LogP contribution < -0.4 is 5.32 Å². The number of nitrogens with one attached hydrogen (secondary N) is 1. The van der Waals surface area contributed by atoms with E-state index in [1.807, 2.05) is 11.8 Å². The highest BCUT2D eigenvalue weighted by atomic mass is 32.1. The number of aromatic nitrogens is 1. The first-order valence-electron chi connectivity index (χ1n) is 7.10. The quantitative estimate of drug-likeness (QED) is 0.925. The average Bonchev–Trinajstić information content (AvgIpc) is 2.89. The lowest BCUT2D eigenvalue weighted by Gasteiger charge is -2.31. The molecule has 1 atom stereocenters. The van der Waals surface area contributed by atoms with Crippen LogP contribution in [0.15, 0.2) is 5.38 Å². The summed E-state index contributed by atoms with van der Waals surface area (Å²) in [6.45, 7) is 8.65. The van der Waals surface area contributed by atoms with Crippen molar-refractivity contribution in [3.63, 3.8) is 0 Å². The summed E-state index contributed by atoms with van der Waals surface area (Å²) < 4.78 is 0. The molecule has 0 radical (unpaired) electrons. The van der Waals surface area contributed by atoms with Crippen molar-refractivity contribution in [3.8, 4) is 0 Å². The molecule has 2 amide bonds. The van der Waals surface area contributed by atoms with E-state index in [2.05, 4.69) is 24.5 Å². The van der Waals surface area contributed by atoms with E-state index < -0.39 is 0 Å². The zero-order valence-electron chi connectivity index (χ0n) is 12.0. The third-order valence-electron chi connectivity index (χ3n) is 3.52. The molecular formula is C14H23N3OS. The molecule has 0 aliphatic carbocycles. The minimum absolute atomic E-state index is 0.0628. The molecule has 2 rings (SSSR count). The molecule has 1 saturated heterocycles. The molecule has 1 fully saturated rings. The second-order valence-corrected chi connectivity index (χ2v) is 6.28. The van der Waals surface area contributed by atoms with Gasteiger partial charge in [-0.3, -0.25) is 0 Å². The third-order valence-corrected chi connectivity index (χ3v) is 4.54. The monoisotopic (exact) mass is 281 g/mol. The second kappa shape index (κ2) is 6.37. The van der Waals surface area contributed by atoms with Crippen LogP contribution in [0.25, 0.3) is 0 Å². The van der Waals surface area contributed by atoms with E-state index in [0.717, 1.165) is 25.9 Å². The van der Waals surface area contributed by atoms with Crippen molar-refractivity contribution >= 4 is 17.4 Å². The standard InChI is InChI=1S/C14H23N3OS/c1-4-15-14(18)17-7-5-6-11(8-17)13-16-12(9-19-13)10(2)3/h9-11H,4-8H2,1-3H3,(H,15,18)/t11-/m1/s1. The van der Waals surface area contributed by atoms with Gasteiger partial charge in [0, 0.05) is 30.9 Å². The van der Waals surface area contributed by atoms with Gasteiger partial charge in [0.2, 0.25) is 0 Å². The van der Waals surface area contributed by atoms with E-state index in [9.17, 15) is 4.79 Å². The van der Waals surface area contributed by atoms with Gasteiger partial charge in [0.25, 0.3) is 0 Å². The van der Waals surface area contributed by atoms with Crippen LogP contribution in [0.4, 0.5) is 4.79 Å². The topological polar surface area (TPSA) is 45.2 Å². The molecule has 19 heavy (non-hydrogen) atoms. The van der Waals surface area contributed by atoms with Crippen molar-refractivity contribution in [2.45, 2.75) is 45.4 Å². The highest BCUT2D eigenvalue weighted by Gasteiger charge is 2.26. The zero-order valence-corrected chi connectivity index (χ0v) is 12.8. The van der Waals surface area contributed by atoms with Crippen LogP contribution in [-0.4, -0.2) is 35.5 Å². The van der Waals surface area contributed by atoms with Gasteiger partial charge in [0.05, 0.1) is 10.7 Å². The van der Waals surface area contributed by atoms with Crippen LogP contribution in [0.5, 0.6) is 0 Å². The van der Waals surface area contributed by atoms with Gasteiger partial charge in [-0.2, -0.15) is 0 Å². The first kappa shape index (κ1) is 14.3. The number of urea groups is 1. The van der Waals surface area contributed by atoms with E-state index in [0.29, 0.717) is 18.4 Å². The van der Waals surface area contributed by atoms with Crippen LogP contribution in [0.3, 0.4) is 0 Å². The Morgan fingerprint density at radius 2 is 2.42 bits per heavy atom. The van der Waals surface area contributed by atoms with Crippen molar-refractivity contribution in [1.82, 2.24) is 15.2 Å². The maximum atomic E-state index is 11.9. The summed E-state index contributed by atoms with van der Waals surface area (Å²) in [7, 11) is 0. The number of amides is 2. The van der Waals surface area contributed by atoms with Gasteiger partial charge in [0.15, 0.2) is 0 Å². The van der Waals surface area contributed by atoms with Gasteiger partial charge in [0.1, 0.15) is 0 Å². The van der Waals surface area contributed by atoms with Crippen LogP contribution in [-0.2, 0) is 0 Å². The predicted molar refractivity (Wildman–Crippen MR) is 78.8 cm³/mol. The molecule has 0 spiro atoms. The molecule has 1 aromatic rings. The Morgan fingerprint density at radius 1 is 1.63 bits per heavy atom. The summed E-state index contributed by atoms with van der Waals surface area (Å²) >= 11 is 1.74. The fourth-order valence-corrected chi connectivity index (χ4v) is 3.49. The SMILES string of the molecule is CCNC(=O)N1CCC[C@@H](c2nc(C(C)C)cs2)C1. The molecule has 0 bridgehead atoms. The Bertz CT molecular complexity index is 430. The normalized spacial score (nSPS) is 19.8. The lowest BCUT2D eigenvalue weighted by Crippen LogP contribution is -2.44. The highest BCUT2D eigenvalue weighted by molar-refractivity contribution is 7.09. The summed E-state index contributed by atoms with van der Waals surface area (Å²) in [5.74, 6) is 0.891. The lowest BCUT2D eigenvalue weighted by atomic mass is 9.99. The number of hydrogen-bond acceptors (Lipinski definition) is 3. The van der Waals surface area contributed by atoms with E-state index in [1.54, 1.807) is 11.3 Å². The Kier molecular flexibility index (Phi) is 4.80. The first-order valence-corrected chi connectivity index (χ1v) is 7.97. The number of hydrogen-bond donors (Lipinski definition) is 1. The number of piperidine rings is 1. The summed E-state index contributed by atoms with van der Waals surface area (Å²) in [5.41, 5.74) is 1.18. The van der Waals surface area contributed by atoms with Gasteiger partial charge in [-0.25, -0.2) is 9.78 Å². The summed E-state index contributed by atoms with van der Waals surface area (Å²) in [4.78, 5) is 18.5. The molecule has 0 aromatic carbocycles. The molecule has 1 N–H and O–H groups in total. The number of rotatable bonds is 3.